The number of benzene rings is 1. The van der Waals surface area contributed by atoms with Gasteiger partial charge in [0, 0.05) is 13.1 Å². The zero-order valence-corrected chi connectivity index (χ0v) is 13.4. The Balaban J connectivity index is 1.91. The molecule has 0 aliphatic heterocycles. The number of aryl methyl sites for hydroxylation is 1. The van der Waals surface area contributed by atoms with Crippen LogP contribution in [0, 0.1) is 17.0 Å². The van der Waals surface area contributed by atoms with Crippen LogP contribution in [0.15, 0.2) is 36.7 Å². The normalized spacial score (nSPS) is 12.5. The molecule has 0 aliphatic carbocycles. The second-order valence-corrected chi connectivity index (χ2v) is 5.65. The van der Waals surface area contributed by atoms with Gasteiger partial charge in [-0.15, -0.1) is 0 Å². The maximum Gasteiger partial charge on any atom is 0.306 e. The zero-order chi connectivity index (χ0) is 16.8. The van der Waals surface area contributed by atoms with Crippen LogP contribution in [-0.2, 0) is 13.1 Å². The Labute approximate surface area is 135 Å². The minimum Gasteiger partial charge on any atom is -0.390 e. The van der Waals surface area contributed by atoms with Crippen LogP contribution in [0.3, 0.4) is 0 Å². The predicted octanol–water partition coefficient (Wildman–Crippen LogP) is 1.98. The molecule has 23 heavy (non-hydrogen) atoms. The van der Waals surface area contributed by atoms with Gasteiger partial charge in [-0.2, -0.15) is 5.10 Å². The van der Waals surface area contributed by atoms with E-state index in [9.17, 15) is 15.2 Å². The molecule has 2 rings (SSSR count). The van der Waals surface area contributed by atoms with Crippen molar-refractivity contribution in [2.24, 2.45) is 0 Å². The molecule has 0 bridgehead atoms. The lowest BCUT2D eigenvalue weighted by molar-refractivity contribution is -0.385. The molecule has 7 heteroatoms. The third kappa shape index (κ3) is 5.15. The van der Waals surface area contributed by atoms with E-state index >= 15 is 0 Å². The van der Waals surface area contributed by atoms with Gasteiger partial charge in [0.25, 0.3) is 0 Å². The maximum absolute atomic E-state index is 10.6. The van der Waals surface area contributed by atoms with Crippen LogP contribution in [0.4, 0.5) is 5.69 Å². The Morgan fingerprint density at radius 2 is 2.26 bits per heavy atom. The molecule has 0 spiro atoms. The highest BCUT2D eigenvalue weighted by atomic mass is 16.6. The number of rotatable bonds is 8. The highest BCUT2D eigenvalue weighted by molar-refractivity contribution is 5.22. The van der Waals surface area contributed by atoms with E-state index in [2.05, 4.69) is 35.1 Å². The van der Waals surface area contributed by atoms with Gasteiger partial charge < -0.3 is 5.11 Å². The van der Waals surface area contributed by atoms with Gasteiger partial charge in [-0.05, 0) is 19.0 Å². The minimum absolute atomic E-state index is 0.0655. The fourth-order valence-corrected chi connectivity index (χ4v) is 2.49. The number of aliphatic hydroxyl groups excluding tert-OH is 1. The van der Waals surface area contributed by atoms with Gasteiger partial charge in [-0.25, -0.2) is 0 Å². The lowest BCUT2D eigenvalue weighted by Crippen LogP contribution is -2.34. The molecule has 0 fully saturated rings. The van der Waals surface area contributed by atoms with E-state index in [1.165, 1.54) is 28.2 Å². The highest BCUT2D eigenvalue weighted by Crippen LogP contribution is 2.10. The molecule has 1 unspecified atom stereocenters. The summed E-state index contributed by atoms with van der Waals surface area (Å²) in [6.07, 6.45) is 1.89. The molecule has 0 amide bonds. The third-order valence-electron chi connectivity index (χ3n) is 3.63. The first-order valence-corrected chi connectivity index (χ1v) is 7.60. The standard InChI is InChI=1S/C16H22N4O3/c1-3-18(9-14-6-4-5-13(2)7-14)11-16(21)12-19-10-15(8-17-19)20(22)23/h4-8,10,16,21H,3,9,11-12H2,1-2H3. The van der Waals surface area contributed by atoms with Gasteiger partial charge in [-0.3, -0.25) is 19.7 Å². The summed E-state index contributed by atoms with van der Waals surface area (Å²) in [5, 5.41) is 24.8. The zero-order valence-electron chi connectivity index (χ0n) is 13.4. The van der Waals surface area contributed by atoms with Crippen LogP contribution >= 0.6 is 0 Å². The van der Waals surface area contributed by atoms with Crippen LogP contribution in [0.5, 0.6) is 0 Å². The molecular formula is C16H22N4O3. The second kappa shape index (κ2) is 7.85. The molecule has 124 valence electrons. The Morgan fingerprint density at radius 3 is 2.87 bits per heavy atom. The molecule has 1 heterocycles. The lowest BCUT2D eigenvalue weighted by atomic mass is 10.1. The molecule has 7 nitrogen and oxygen atoms in total. The molecule has 1 N–H and O–H groups in total. The van der Waals surface area contributed by atoms with E-state index in [1.807, 2.05) is 13.0 Å². The quantitative estimate of drug-likeness (QED) is 0.594. The van der Waals surface area contributed by atoms with Crippen molar-refractivity contribution in [1.82, 2.24) is 14.7 Å². The third-order valence-corrected chi connectivity index (χ3v) is 3.63. The lowest BCUT2D eigenvalue weighted by Gasteiger charge is -2.23. The molecule has 0 saturated carbocycles. The average Bonchev–Trinajstić information content (AvgIpc) is 2.95. The molecule has 0 aliphatic rings. The Bertz CT molecular complexity index is 656. The fourth-order valence-electron chi connectivity index (χ4n) is 2.49. The van der Waals surface area contributed by atoms with Crippen molar-refractivity contribution in [2.75, 3.05) is 13.1 Å². The summed E-state index contributed by atoms with van der Waals surface area (Å²) in [5.74, 6) is 0. The van der Waals surface area contributed by atoms with Crippen molar-refractivity contribution in [3.8, 4) is 0 Å². The smallest absolute Gasteiger partial charge is 0.306 e. The van der Waals surface area contributed by atoms with E-state index in [1.54, 1.807) is 0 Å². The van der Waals surface area contributed by atoms with Gasteiger partial charge in [0.2, 0.25) is 0 Å². The number of hydrogen-bond donors (Lipinski definition) is 1. The molecule has 1 aromatic heterocycles. The summed E-state index contributed by atoms with van der Waals surface area (Å²) < 4.78 is 1.41. The maximum atomic E-state index is 10.6. The van der Waals surface area contributed by atoms with Crippen molar-refractivity contribution in [1.29, 1.82) is 0 Å². The fraction of sp³-hybridized carbons (Fsp3) is 0.438. The van der Waals surface area contributed by atoms with Crippen LogP contribution in [-0.4, -0.2) is 43.9 Å². The van der Waals surface area contributed by atoms with Crippen molar-refractivity contribution in [2.45, 2.75) is 33.0 Å². The van der Waals surface area contributed by atoms with Gasteiger partial charge >= 0.3 is 5.69 Å². The van der Waals surface area contributed by atoms with Crippen LogP contribution < -0.4 is 0 Å². The monoisotopic (exact) mass is 318 g/mol. The molecule has 2 aromatic rings. The van der Waals surface area contributed by atoms with E-state index in [0.717, 1.165) is 13.1 Å². The Hall–Kier alpha value is -2.25. The second-order valence-electron chi connectivity index (χ2n) is 5.65. The number of nitro groups is 1. The minimum atomic E-state index is -0.640. The molecular weight excluding hydrogens is 296 g/mol. The first-order chi connectivity index (χ1) is 11.0. The van der Waals surface area contributed by atoms with Crippen molar-refractivity contribution in [3.05, 3.63) is 57.9 Å². The first kappa shape index (κ1) is 17.1. The summed E-state index contributed by atoms with van der Waals surface area (Å²) in [7, 11) is 0. The number of aromatic nitrogens is 2. The van der Waals surface area contributed by atoms with E-state index in [0.29, 0.717) is 6.54 Å². The number of nitrogens with zero attached hydrogens (tertiary/aromatic N) is 4. The molecule has 1 atom stereocenters. The summed E-state index contributed by atoms with van der Waals surface area (Å²) in [6.45, 7) is 6.38. The summed E-state index contributed by atoms with van der Waals surface area (Å²) in [5.41, 5.74) is 2.35. The summed E-state index contributed by atoms with van der Waals surface area (Å²) in [4.78, 5) is 12.3. The van der Waals surface area contributed by atoms with Gasteiger partial charge in [0.05, 0.1) is 17.6 Å². The van der Waals surface area contributed by atoms with Crippen molar-refractivity contribution < 1.29 is 10.0 Å². The Kier molecular flexibility index (Phi) is 5.84. The SMILES string of the molecule is CCN(Cc1cccc(C)c1)CC(O)Cn1cc([N+](=O)[O-])cn1. The number of aliphatic hydroxyl groups is 1. The van der Waals surface area contributed by atoms with Crippen LogP contribution in [0.25, 0.3) is 0 Å². The summed E-state index contributed by atoms with van der Waals surface area (Å²) >= 11 is 0. The molecule has 0 saturated heterocycles. The predicted molar refractivity (Wildman–Crippen MR) is 87.0 cm³/mol. The topological polar surface area (TPSA) is 84.4 Å². The van der Waals surface area contributed by atoms with Gasteiger partial charge in [0.1, 0.15) is 12.4 Å². The average molecular weight is 318 g/mol. The van der Waals surface area contributed by atoms with E-state index < -0.39 is 11.0 Å². The van der Waals surface area contributed by atoms with Gasteiger partial charge in [0.15, 0.2) is 0 Å². The van der Waals surface area contributed by atoms with E-state index in [4.69, 9.17) is 0 Å². The van der Waals surface area contributed by atoms with Crippen molar-refractivity contribution >= 4 is 5.69 Å². The molecule has 0 radical (unpaired) electrons. The summed E-state index contributed by atoms with van der Waals surface area (Å²) in [6, 6.07) is 8.28. The number of hydrogen-bond acceptors (Lipinski definition) is 5. The molecule has 1 aromatic carbocycles. The number of likely N-dealkylation sites (N-methyl/N-ethyl adjacent to an activating group) is 1. The van der Waals surface area contributed by atoms with Gasteiger partial charge in [-0.1, -0.05) is 36.8 Å². The van der Waals surface area contributed by atoms with Crippen LogP contribution in [0.2, 0.25) is 0 Å². The first-order valence-electron chi connectivity index (χ1n) is 7.60. The largest absolute Gasteiger partial charge is 0.390 e. The van der Waals surface area contributed by atoms with Crippen molar-refractivity contribution in [3.63, 3.8) is 0 Å². The highest BCUT2D eigenvalue weighted by Gasteiger charge is 2.14. The Morgan fingerprint density at radius 1 is 1.48 bits per heavy atom. The van der Waals surface area contributed by atoms with E-state index in [-0.39, 0.29) is 12.2 Å². The van der Waals surface area contributed by atoms with Crippen LogP contribution in [0.1, 0.15) is 18.1 Å².